The third-order valence-electron chi connectivity index (χ3n) is 6.12. The second kappa shape index (κ2) is 7.98. The van der Waals surface area contributed by atoms with Crippen molar-refractivity contribution in [2.45, 2.75) is 13.5 Å². The molecule has 166 valence electrons. The molecule has 0 aliphatic carbocycles. The number of aromatic nitrogens is 3. The highest BCUT2D eigenvalue weighted by molar-refractivity contribution is 6.31. The van der Waals surface area contributed by atoms with Crippen LogP contribution in [0.3, 0.4) is 0 Å². The Hall–Kier alpha value is -3.77. The zero-order chi connectivity index (χ0) is 23.3. The summed E-state index contributed by atoms with van der Waals surface area (Å²) in [6.45, 7) is 2.10. The van der Waals surface area contributed by atoms with E-state index in [0.29, 0.717) is 27.5 Å². The van der Waals surface area contributed by atoms with Crippen molar-refractivity contribution >= 4 is 33.5 Å². The molecule has 7 heteroatoms. The molecule has 0 spiro atoms. The highest BCUT2D eigenvalue weighted by Crippen LogP contribution is 2.30. The maximum atomic E-state index is 13.9. The number of hydrogen-bond donors (Lipinski definition) is 0. The Morgan fingerprint density at radius 2 is 1.67 bits per heavy atom. The molecule has 0 N–H and O–H groups in total. The van der Waals surface area contributed by atoms with Crippen molar-refractivity contribution in [1.82, 2.24) is 13.7 Å². The van der Waals surface area contributed by atoms with E-state index < -0.39 is 5.69 Å². The summed E-state index contributed by atoms with van der Waals surface area (Å²) in [4.78, 5) is 27.7. The van der Waals surface area contributed by atoms with Crippen LogP contribution in [0.4, 0.5) is 0 Å². The smallest absolute Gasteiger partial charge is 0.336 e. The first-order valence-corrected chi connectivity index (χ1v) is 10.9. The summed E-state index contributed by atoms with van der Waals surface area (Å²) in [5.74, 6) is 0.648. The number of para-hydroxylation sites is 1. The van der Waals surface area contributed by atoms with Gasteiger partial charge in [0.25, 0.3) is 5.56 Å². The molecule has 6 nitrogen and oxygen atoms in total. The molecule has 33 heavy (non-hydrogen) atoms. The summed E-state index contributed by atoms with van der Waals surface area (Å²) in [6, 6.07) is 20.4. The van der Waals surface area contributed by atoms with Gasteiger partial charge < -0.3 is 9.30 Å². The second-order valence-corrected chi connectivity index (χ2v) is 8.43. The fourth-order valence-corrected chi connectivity index (χ4v) is 4.62. The number of hydrogen-bond acceptors (Lipinski definition) is 3. The Balaban J connectivity index is 1.98. The monoisotopic (exact) mass is 459 g/mol. The molecule has 0 unspecified atom stereocenters. The zero-order valence-corrected chi connectivity index (χ0v) is 19.3. The van der Waals surface area contributed by atoms with E-state index in [1.54, 1.807) is 23.8 Å². The summed E-state index contributed by atoms with van der Waals surface area (Å²) in [6.07, 6.45) is 0. The lowest BCUT2D eigenvalue weighted by atomic mass is 10.2. The highest BCUT2D eigenvalue weighted by Gasteiger charge is 2.22. The number of fused-ring (bicyclic) bond motifs is 3. The van der Waals surface area contributed by atoms with Gasteiger partial charge >= 0.3 is 5.69 Å². The number of nitrogens with zero attached hydrogens (tertiary/aromatic N) is 3. The minimum Gasteiger partial charge on any atom is -0.497 e. The average molecular weight is 460 g/mol. The molecule has 2 aromatic heterocycles. The van der Waals surface area contributed by atoms with Crippen molar-refractivity contribution in [2.24, 2.45) is 7.05 Å². The van der Waals surface area contributed by atoms with Crippen molar-refractivity contribution in [1.29, 1.82) is 0 Å². The van der Waals surface area contributed by atoms with Crippen LogP contribution in [0.5, 0.6) is 5.75 Å². The Bertz CT molecular complexity index is 1660. The molecular formula is C26H22ClN3O3. The van der Waals surface area contributed by atoms with Crippen molar-refractivity contribution in [3.63, 3.8) is 0 Å². The molecule has 0 fully saturated rings. The van der Waals surface area contributed by atoms with E-state index in [4.69, 9.17) is 16.3 Å². The fourth-order valence-electron chi connectivity index (χ4n) is 4.43. The van der Waals surface area contributed by atoms with Gasteiger partial charge in [0.2, 0.25) is 0 Å². The molecule has 0 aliphatic rings. The molecule has 0 atom stereocenters. The van der Waals surface area contributed by atoms with Gasteiger partial charge in [0.1, 0.15) is 11.3 Å². The lowest BCUT2D eigenvalue weighted by molar-refractivity contribution is 0.415. The first-order chi connectivity index (χ1) is 15.9. The molecule has 0 amide bonds. The third kappa shape index (κ3) is 3.26. The first kappa shape index (κ1) is 21.1. The van der Waals surface area contributed by atoms with Crippen LogP contribution in [0.2, 0.25) is 5.02 Å². The van der Waals surface area contributed by atoms with Crippen LogP contribution in [-0.4, -0.2) is 20.8 Å². The van der Waals surface area contributed by atoms with Gasteiger partial charge in [-0.2, -0.15) is 0 Å². The van der Waals surface area contributed by atoms with Crippen LogP contribution < -0.4 is 16.0 Å². The van der Waals surface area contributed by atoms with E-state index in [-0.39, 0.29) is 12.1 Å². The molecule has 5 aromatic rings. The van der Waals surface area contributed by atoms with E-state index in [1.807, 2.05) is 73.1 Å². The van der Waals surface area contributed by atoms with Gasteiger partial charge in [0.05, 0.1) is 30.4 Å². The van der Waals surface area contributed by atoms with Crippen molar-refractivity contribution < 1.29 is 4.74 Å². The van der Waals surface area contributed by atoms with Crippen molar-refractivity contribution in [3.8, 4) is 11.4 Å². The summed E-state index contributed by atoms with van der Waals surface area (Å²) in [5.41, 5.74) is 3.23. The van der Waals surface area contributed by atoms with Gasteiger partial charge in [-0.15, -0.1) is 0 Å². The lowest BCUT2D eigenvalue weighted by Gasteiger charge is -2.15. The van der Waals surface area contributed by atoms with E-state index in [9.17, 15) is 9.59 Å². The lowest BCUT2D eigenvalue weighted by Crippen LogP contribution is -2.40. The van der Waals surface area contributed by atoms with E-state index in [0.717, 1.165) is 22.0 Å². The van der Waals surface area contributed by atoms with Crippen LogP contribution in [0.15, 0.2) is 76.3 Å². The number of ether oxygens (including phenoxy) is 1. The minimum atomic E-state index is -0.419. The molecule has 0 aliphatic heterocycles. The molecule has 3 aromatic carbocycles. The SMILES string of the molecule is COc1ccc2c(c1)c1c(c(=O)n(-c3ccccc3C)c(=O)n1Cc1ccccc1Cl)n2C. The van der Waals surface area contributed by atoms with Crippen molar-refractivity contribution in [3.05, 3.63) is 104 Å². The second-order valence-electron chi connectivity index (χ2n) is 8.03. The topological polar surface area (TPSA) is 58.2 Å². The van der Waals surface area contributed by atoms with Crippen LogP contribution in [0.1, 0.15) is 11.1 Å². The minimum absolute atomic E-state index is 0.220. The summed E-state index contributed by atoms with van der Waals surface area (Å²) >= 11 is 6.45. The Morgan fingerprint density at radius 3 is 2.39 bits per heavy atom. The molecule has 0 bridgehead atoms. The molecular weight excluding hydrogens is 438 g/mol. The number of benzene rings is 3. The average Bonchev–Trinajstić information content (AvgIpc) is 3.11. The number of methoxy groups -OCH3 is 1. The van der Waals surface area contributed by atoms with E-state index >= 15 is 0 Å². The van der Waals surface area contributed by atoms with Crippen LogP contribution in [0, 0.1) is 6.92 Å². The zero-order valence-electron chi connectivity index (χ0n) is 18.5. The Labute approximate surface area is 194 Å². The maximum absolute atomic E-state index is 13.9. The molecule has 0 saturated heterocycles. The predicted molar refractivity (Wildman–Crippen MR) is 132 cm³/mol. The van der Waals surface area contributed by atoms with Crippen molar-refractivity contribution in [2.75, 3.05) is 7.11 Å². The summed E-state index contributed by atoms with van der Waals surface area (Å²) < 4.78 is 10.1. The van der Waals surface area contributed by atoms with Crippen LogP contribution in [0.25, 0.3) is 27.6 Å². The summed E-state index contributed by atoms with van der Waals surface area (Å²) in [7, 11) is 3.43. The van der Waals surface area contributed by atoms with E-state index in [2.05, 4.69) is 0 Å². The number of rotatable bonds is 4. The van der Waals surface area contributed by atoms with Gasteiger partial charge in [0, 0.05) is 17.5 Å². The Morgan fingerprint density at radius 1 is 0.939 bits per heavy atom. The highest BCUT2D eigenvalue weighted by atomic mass is 35.5. The van der Waals surface area contributed by atoms with Crippen LogP contribution in [-0.2, 0) is 13.6 Å². The van der Waals surface area contributed by atoms with Gasteiger partial charge in [-0.05, 0) is 48.4 Å². The fraction of sp³-hybridized carbons (Fsp3) is 0.154. The van der Waals surface area contributed by atoms with Gasteiger partial charge in [-0.1, -0.05) is 48.0 Å². The Kier molecular flexibility index (Phi) is 5.10. The largest absolute Gasteiger partial charge is 0.497 e. The molecule has 2 heterocycles. The molecule has 0 radical (unpaired) electrons. The summed E-state index contributed by atoms with van der Waals surface area (Å²) in [5, 5.41) is 1.33. The first-order valence-electron chi connectivity index (χ1n) is 10.5. The normalized spacial score (nSPS) is 11.4. The quantitative estimate of drug-likeness (QED) is 0.392. The number of halogens is 1. The van der Waals surface area contributed by atoms with E-state index in [1.165, 1.54) is 4.57 Å². The van der Waals surface area contributed by atoms with Gasteiger partial charge in [-0.25, -0.2) is 9.36 Å². The van der Waals surface area contributed by atoms with Gasteiger partial charge in [0.15, 0.2) is 0 Å². The maximum Gasteiger partial charge on any atom is 0.336 e. The number of aryl methyl sites for hydroxylation is 2. The standard InChI is InChI=1S/C26H22ClN3O3/c1-16-8-4-7-11-21(16)30-25(31)24-23(19-14-18(33-3)12-13-22(19)28(24)2)29(26(30)32)15-17-9-5-6-10-20(17)27/h4-14H,15H2,1-3H3. The van der Waals surface area contributed by atoms with Crippen LogP contribution >= 0.6 is 11.6 Å². The molecule has 0 saturated carbocycles. The predicted octanol–water partition coefficient (Wildman–Crippen LogP) is 4.66. The molecule has 5 rings (SSSR count). The van der Waals surface area contributed by atoms with Gasteiger partial charge in [-0.3, -0.25) is 9.36 Å². The third-order valence-corrected chi connectivity index (χ3v) is 6.49.